The van der Waals surface area contributed by atoms with Crippen molar-refractivity contribution in [2.24, 2.45) is 5.92 Å². The summed E-state index contributed by atoms with van der Waals surface area (Å²) in [5.41, 5.74) is 1.49. The standard InChI is InChI=1S/C22H28O7/c1-5-13(3)21(25)29-20-18-14(4)22(26)28-17(18)10-15(11-23)8-7-9-16(12-24)19(20)27-6-2/h5,9-10,12,17-20,23H,4,6-8,11H2,1-3H3/b13-5-,15-10-,16-9-/t17-,18+,19+,20+/m1/s1. The number of allylic oxidation sites excluding steroid dienone is 2. The Labute approximate surface area is 170 Å². The molecular weight excluding hydrogens is 376 g/mol. The van der Waals surface area contributed by atoms with Crippen molar-refractivity contribution in [3.05, 3.63) is 47.1 Å². The minimum Gasteiger partial charge on any atom is -0.455 e. The van der Waals surface area contributed by atoms with Crippen LogP contribution in [-0.2, 0) is 28.6 Å². The maximum Gasteiger partial charge on any atom is 0.334 e. The van der Waals surface area contributed by atoms with Gasteiger partial charge in [0.1, 0.15) is 24.6 Å². The Morgan fingerprint density at radius 2 is 2.17 bits per heavy atom. The number of carbonyl (C=O) groups is 3. The van der Waals surface area contributed by atoms with E-state index in [4.69, 9.17) is 14.2 Å². The van der Waals surface area contributed by atoms with E-state index in [9.17, 15) is 19.5 Å². The first-order valence-electron chi connectivity index (χ1n) is 9.68. The van der Waals surface area contributed by atoms with Gasteiger partial charge in [-0.25, -0.2) is 9.59 Å². The van der Waals surface area contributed by atoms with Gasteiger partial charge in [-0.15, -0.1) is 0 Å². The van der Waals surface area contributed by atoms with E-state index in [1.807, 2.05) is 0 Å². The van der Waals surface area contributed by atoms with Crippen molar-refractivity contribution in [2.45, 2.75) is 51.9 Å². The highest BCUT2D eigenvalue weighted by Gasteiger charge is 2.48. The Kier molecular flexibility index (Phi) is 8.10. The Balaban J connectivity index is 2.61. The zero-order chi connectivity index (χ0) is 21.6. The first kappa shape index (κ1) is 22.8. The molecule has 0 radical (unpaired) electrons. The molecular formula is C22H28O7. The van der Waals surface area contributed by atoms with Crippen LogP contribution in [0.3, 0.4) is 0 Å². The highest BCUT2D eigenvalue weighted by Crippen LogP contribution is 2.37. The van der Waals surface area contributed by atoms with Gasteiger partial charge in [0.15, 0.2) is 0 Å². The summed E-state index contributed by atoms with van der Waals surface area (Å²) in [5, 5.41) is 9.66. The van der Waals surface area contributed by atoms with Gasteiger partial charge in [-0.2, -0.15) is 0 Å². The number of rotatable bonds is 6. The van der Waals surface area contributed by atoms with E-state index in [2.05, 4.69) is 6.58 Å². The molecule has 0 aromatic carbocycles. The van der Waals surface area contributed by atoms with Crippen molar-refractivity contribution in [1.29, 1.82) is 0 Å². The Morgan fingerprint density at radius 3 is 2.76 bits per heavy atom. The maximum absolute atomic E-state index is 12.6. The second-order valence-electron chi connectivity index (χ2n) is 6.98. The molecule has 1 saturated heterocycles. The number of esters is 2. The molecule has 0 amide bonds. The summed E-state index contributed by atoms with van der Waals surface area (Å²) in [6, 6.07) is 0. The quantitative estimate of drug-likeness (QED) is 0.314. The van der Waals surface area contributed by atoms with Crippen LogP contribution in [0.2, 0.25) is 0 Å². The summed E-state index contributed by atoms with van der Waals surface area (Å²) >= 11 is 0. The maximum atomic E-state index is 12.6. The zero-order valence-electron chi connectivity index (χ0n) is 17.1. The summed E-state index contributed by atoms with van der Waals surface area (Å²) in [5.74, 6) is -1.94. The van der Waals surface area contributed by atoms with Gasteiger partial charge in [-0.05, 0) is 45.3 Å². The smallest absolute Gasteiger partial charge is 0.334 e. The van der Waals surface area contributed by atoms with Crippen LogP contribution in [0.1, 0.15) is 33.6 Å². The highest BCUT2D eigenvalue weighted by molar-refractivity contribution is 5.92. The van der Waals surface area contributed by atoms with Gasteiger partial charge < -0.3 is 19.3 Å². The number of aliphatic hydroxyl groups is 1. The van der Waals surface area contributed by atoms with E-state index >= 15 is 0 Å². The third-order valence-corrected chi connectivity index (χ3v) is 5.17. The van der Waals surface area contributed by atoms with Crippen LogP contribution in [0.5, 0.6) is 0 Å². The molecule has 4 atom stereocenters. The lowest BCUT2D eigenvalue weighted by Crippen LogP contribution is -2.44. The first-order valence-corrected chi connectivity index (χ1v) is 9.68. The summed E-state index contributed by atoms with van der Waals surface area (Å²) < 4.78 is 17.0. The van der Waals surface area contributed by atoms with E-state index in [-0.39, 0.29) is 18.8 Å². The fourth-order valence-electron chi connectivity index (χ4n) is 3.45. The van der Waals surface area contributed by atoms with Crippen LogP contribution in [0, 0.1) is 5.92 Å². The third kappa shape index (κ3) is 5.10. The molecule has 0 aromatic heterocycles. The Morgan fingerprint density at radius 1 is 1.45 bits per heavy atom. The Hall–Kier alpha value is -2.51. The number of fused-ring (bicyclic) bond motifs is 1. The van der Waals surface area contributed by atoms with Crippen LogP contribution in [-0.4, -0.2) is 54.9 Å². The van der Waals surface area contributed by atoms with Gasteiger partial charge in [-0.3, -0.25) is 4.79 Å². The van der Waals surface area contributed by atoms with Crippen LogP contribution >= 0.6 is 0 Å². The van der Waals surface area contributed by atoms with Crippen molar-refractivity contribution in [3.8, 4) is 0 Å². The number of carbonyl (C=O) groups excluding carboxylic acids is 3. The van der Waals surface area contributed by atoms with Gasteiger partial charge in [0.25, 0.3) is 0 Å². The van der Waals surface area contributed by atoms with E-state index in [1.165, 1.54) is 0 Å². The molecule has 29 heavy (non-hydrogen) atoms. The van der Waals surface area contributed by atoms with Gasteiger partial charge in [-0.1, -0.05) is 18.7 Å². The van der Waals surface area contributed by atoms with Crippen LogP contribution in [0.4, 0.5) is 0 Å². The molecule has 1 N–H and O–H groups in total. The minimum absolute atomic E-state index is 0.134. The number of aldehydes is 1. The minimum atomic E-state index is -1.01. The predicted molar refractivity (Wildman–Crippen MR) is 106 cm³/mol. The first-order chi connectivity index (χ1) is 13.9. The topological polar surface area (TPSA) is 99.1 Å². The van der Waals surface area contributed by atoms with E-state index in [1.54, 1.807) is 39.0 Å². The summed E-state index contributed by atoms with van der Waals surface area (Å²) in [4.78, 5) is 36.7. The molecule has 1 aliphatic heterocycles. The molecule has 0 saturated carbocycles. The normalized spacial score (nSPS) is 31.7. The predicted octanol–water partition coefficient (Wildman–Crippen LogP) is 2.21. The van der Waals surface area contributed by atoms with Gasteiger partial charge in [0.05, 0.1) is 12.5 Å². The molecule has 2 rings (SSSR count). The number of hydrogen-bond acceptors (Lipinski definition) is 7. The van der Waals surface area contributed by atoms with E-state index in [0.717, 1.165) is 0 Å². The van der Waals surface area contributed by atoms with Crippen LogP contribution < -0.4 is 0 Å². The van der Waals surface area contributed by atoms with E-state index in [0.29, 0.717) is 35.8 Å². The fraction of sp³-hybridized carbons (Fsp3) is 0.500. The molecule has 7 heteroatoms. The second-order valence-corrected chi connectivity index (χ2v) is 6.98. The molecule has 0 bridgehead atoms. The lowest BCUT2D eigenvalue weighted by atomic mass is 9.83. The monoisotopic (exact) mass is 404 g/mol. The van der Waals surface area contributed by atoms with Crippen LogP contribution in [0.15, 0.2) is 47.1 Å². The van der Waals surface area contributed by atoms with Crippen molar-refractivity contribution in [1.82, 2.24) is 0 Å². The largest absolute Gasteiger partial charge is 0.455 e. The van der Waals surface area contributed by atoms with Crippen LogP contribution in [0.25, 0.3) is 0 Å². The molecule has 158 valence electrons. The third-order valence-electron chi connectivity index (χ3n) is 5.17. The average molecular weight is 404 g/mol. The fourth-order valence-corrected chi connectivity index (χ4v) is 3.45. The second kappa shape index (κ2) is 10.3. The lowest BCUT2D eigenvalue weighted by Gasteiger charge is -2.33. The number of aliphatic hydroxyl groups excluding tert-OH is 1. The summed E-state index contributed by atoms with van der Waals surface area (Å²) in [6.45, 7) is 8.97. The molecule has 2 aliphatic rings. The lowest BCUT2D eigenvalue weighted by molar-refractivity contribution is -0.156. The Bertz CT molecular complexity index is 759. The van der Waals surface area contributed by atoms with Gasteiger partial charge in [0, 0.05) is 23.3 Å². The number of ether oxygens (including phenoxy) is 3. The molecule has 0 unspecified atom stereocenters. The van der Waals surface area contributed by atoms with Crippen molar-refractivity contribution < 1.29 is 33.7 Å². The van der Waals surface area contributed by atoms with Gasteiger partial charge >= 0.3 is 11.9 Å². The zero-order valence-corrected chi connectivity index (χ0v) is 17.1. The molecule has 1 heterocycles. The van der Waals surface area contributed by atoms with E-state index < -0.39 is 36.2 Å². The summed E-state index contributed by atoms with van der Waals surface area (Å²) in [6.07, 6.45) is 3.96. The SMILES string of the molecule is C=C1C(=O)O[C@@H]2/C=C(\CO)CC/C=C(/C=O)[C@H](OCC)[C@@H](OC(=O)/C(C)=C\C)[C@@H]12. The highest BCUT2D eigenvalue weighted by atomic mass is 16.6. The number of hydrogen-bond donors (Lipinski definition) is 1. The summed E-state index contributed by atoms with van der Waals surface area (Å²) in [7, 11) is 0. The van der Waals surface area contributed by atoms with Crippen molar-refractivity contribution in [3.63, 3.8) is 0 Å². The van der Waals surface area contributed by atoms with Crippen molar-refractivity contribution >= 4 is 18.2 Å². The average Bonchev–Trinajstić information content (AvgIpc) is 2.99. The van der Waals surface area contributed by atoms with Crippen molar-refractivity contribution in [2.75, 3.05) is 13.2 Å². The van der Waals surface area contributed by atoms with Gasteiger partial charge in [0.2, 0.25) is 0 Å². The molecule has 1 aliphatic carbocycles. The molecule has 0 spiro atoms. The molecule has 7 nitrogen and oxygen atoms in total. The molecule has 1 fully saturated rings. The molecule has 0 aromatic rings.